The predicted octanol–water partition coefficient (Wildman–Crippen LogP) is 5.94. The van der Waals surface area contributed by atoms with Crippen molar-refractivity contribution in [1.82, 2.24) is 4.57 Å². The van der Waals surface area contributed by atoms with Crippen LogP contribution in [0.4, 0.5) is 4.39 Å². The second-order valence-corrected chi connectivity index (χ2v) is 7.75. The number of benzene rings is 2. The second-order valence-electron chi connectivity index (χ2n) is 7.31. The zero-order valence-electron chi connectivity index (χ0n) is 15.1. The normalized spacial score (nSPS) is 17.7. The SMILES string of the molecule is CC(c1cccc(Cl)c1)n1c2c(c3cc(F)ccc31)CCCC2CC(=O)O. The summed E-state index contributed by atoms with van der Waals surface area (Å²) >= 11 is 6.19. The number of aryl methyl sites for hydroxylation is 1. The molecule has 0 saturated carbocycles. The maximum absolute atomic E-state index is 14.0. The van der Waals surface area contributed by atoms with Crippen molar-refractivity contribution in [2.45, 2.75) is 44.6 Å². The lowest BCUT2D eigenvalue weighted by Crippen LogP contribution is -2.19. The van der Waals surface area contributed by atoms with Crippen LogP contribution in [0, 0.1) is 5.82 Å². The van der Waals surface area contributed by atoms with E-state index in [2.05, 4.69) is 11.5 Å². The molecule has 0 fully saturated rings. The molecule has 27 heavy (non-hydrogen) atoms. The van der Waals surface area contributed by atoms with Crippen LogP contribution < -0.4 is 0 Å². The molecule has 0 amide bonds. The summed E-state index contributed by atoms with van der Waals surface area (Å²) < 4.78 is 16.2. The van der Waals surface area contributed by atoms with Gasteiger partial charge >= 0.3 is 5.97 Å². The van der Waals surface area contributed by atoms with Gasteiger partial charge in [-0.3, -0.25) is 4.79 Å². The van der Waals surface area contributed by atoms with E-state index in [-0.39, 0.29) is 24.2 Å². The molecule has 0 aliphatic heterocycles. The molecule has 0 spiro atoms. The van der Waals surface area contributed by atoms with Gasteiger partial charge in [-0.25, -0.2) is 4.39 Å². The lowest BCUT2D eigenvalue weighted by Gasteiger charge is -2.28. The van der Waals surface area contributed by atoms with Crippen LogP contribution in [0.5, 0.6) is 0 Å². The standard InChI is InChI=1S/C22H21ClFNO2/c1-13(14-4-2-6-16(23)10-14)25-20-9-8-17(24)12-19(20)18-7-3-5-15(22(18)25)11-21(26)27/h2,4,6,8-10,12-13,15H,3,5,7,11H2,1H3,(H,26,27). The van der Waals surface area contributed by atoms with E-state index in [1.807, 2.05) is 30.3 Å². The van der Waals surface area contributed by atoms with E-state index in [0.717, 1.165) is 47.0 Å². The van der Waals surface area contributed by atoms with E-state index >= 15 is 0 Å². The van der Waals surface area contributed by atoms with Gasteiger partial charge in [0.05, 0.1) is 12.5 Å². The molecular formula is C22H21ClFNO2. The summed E-state index contributed by atoms with van der Waals surface area (Å²) in [4.78, 5) is 11.5. The molecule has 2 aromatic carbocycles. The Kier molecular flexibility index (Phi) is 4.68. The Bertz CT molecular complexity index is 1030. The number of carboxylic acid groups (broad SMARTS) is 1. The van der Waals surface area contributed by atoms with Crippen LogP contribution in [0.3, 0.4) is 0 Å². The zero-order valence-corrected chi connectivity index (χ0v) is 15.8. The maximum Gasteiger partial charge on any atom is 0.304 e. The number of rotatable bonds is 4. The Hall–Kier alpha value is -2.33. The van der Waals surface area contributed by atoms with Crippen molar-refractivity contribution in [2.24, 2.45) is 0 Å². The van der Waals surface area contributed by atoms with E-state index in [1.165, 1.54) is 6.07 Å². The van der Waals surface area contributed by atoms with Gasteiger partial charge in [0.15, 0.2) is 0 Å². The van der Waals surface area contributed by atoms with E-state index in [1.54, 1.807) is 6.07 Å². The summed E-state index contributed by atoms with van der Waals surface area (Å²) in [6, 6.07) is 12.5. The second kappa shape index (κ2) is 7.01. The zero-order chi connectivity index (χ0) is 19.1. The first-order valence-corrected chi connectivity index (χ1v) is 9.63. The van der Waals surface area contributed by atoms with Gasteiger partial charge in [-0.2, -0.15) is 0 Å². The minimum atomic E-state index is -0.800. The molecule has 5 heteroatoms. The lowest BCUT2D eigenvalue weighted by atomic mass is 9.84. The molecule has 1 N–H and O–H groups in total. The van der Waals surface area contributed by atoms with Crippen LogP contribution in [0.2, 0.25) is 5.02 Å². The van der Waals surface area contributed by atoms with Gasteiger partial charge in [0.25, 0.3) is 0 Å². The summed E-state index contributed by atoms with van der Waals surface area (Å²) in [6.07, 6.45) is 2.70. The molecular weight excluding hydrogens is 365 g/mol. The highest BCUT2D eigenvalue weighted by molar-refractivity contribution is 6.30. The first-order valence-electron chi connectivity index (χ1n) is 9.25. The molecule has 140 valence electrons. The summed E-state index contributed by atoms with van der Waals surface area (Å²) in [5, 5.41) is 11.0. The molecule has 0 bridgehead atoms. The highest BCUT2D eigenvalue weighted by Crippen LogP contribution is 2.43. The first kappa shape index (κ1) is 18.1. The van der Waals surface area contributed by atoms with Crippen LogP contribution in [-0.4, -0.2) is 15.6 Å². The van der Waals surface area contributed by atoms with E-state index in [0.29, 0.717) is 5.02 Å². The minimum Gasteiger partial charge on any atom is -0.481 e. The van der Waals surface area contributed by atoms with Crippen LogP contribution >= 0.6 is 11.6 Å². The highest BCUT2D eigenvalue weighted by Gasteiger charge is 2.31. The van der Waals surface area contributed by atoms with Gasteiger partial charge in [-0.05, 0) is 67.6 Å². The van der Waals surface area contributed by atoms with Crippen molar-refractivity contribution in [3.05, 3.63) is 70.1 Å². The molecule has 1 aliphatic rings. The topological polar surface area (TPSA) is 42.2 Å². The summed E-state index contributed by atoms with van der Waals surface area (Å²) in [6.45, 7) is 2.08. The van der Waals surface area contributed by atoms with Crippen molar-refractivity contribution >= 4 is 28.5 Å². The number of carbonyl (C=O) groups is 1. The Morgan fingerprint density at radius 1 is 1.33 bits per heavy atom. The first-order chi connectivity index (χ1) is 13.0. The number of nitrogens with zero attached hydrogens (tertiary/aromatic N) is 1. The lowest BCUT2D eigenvalue weighted by molar-refractivity contribution is -0.137. The third-order valence-corrected chi connectivity index (χ3v) is 5.85. The van der Waals surface area contributed by atoms with Crippen molar-refractivity contribution in [3.63, 3.8) is 0 Å². The molecule has 1 aromatic heterocycles. The van der Waals surface area contributed by atoms with Gasteiger partial charge in [-0.15, -0.1) is 0 Å². The Morgan fingerprint density at radius 2 is 2.15 bits per heavy atom. The molecule has 1 aliphatic carbocycles. The molecule has 3 aromatic rings. The Labute approximate surface area is 162 Å². The van der Waals surface area contributed by atoms with Crippen molar-refractivity contribution < 1.29 is 14.3 Å². The van der Waals surface area contributed by atoms with Gasteiger partial charge in [0, 0.05) is 27.5 Å². The number of carboxylic acids is 1. The number of hydrogen-bond acceptors (Lipinski definition) is 1. The fraction of sp³-hybridized carbons (Fsp3) is 0.318. The van der Waals surface area contributed by atoms with Crippen LogP contribution in [0.25, 0.3) is 10.9 Å². The number of hydrogen-bond donors (Lipinski definition) is 1. The third kappa shape index (κ3) is 3.23. The van der Waals surface area contributed by atoms with Gasteiger partial charge in [0.1, 0.15) is 5.82 Å². The minimum absolute atomic E-state index is 0.0326. The molecule has 0 radical (unpaired) electrons. The van der Waals surface area contributed by atoms with Crippen molar-refractivity contribution in [2.75, 3.05) is 0 Å². The monoisotopic (exact) mass is 385 g/mol. The van der Waals surface area contributed by atoms with E-state index in [9.17, 15) is 14.3 Å². The third-order valence-electron chi connectivity index (χ3n) is 5.62. The van der Waals surface area contributed by atoms with Crippen LogP contribution in [0.1, 0.15) is 55.0 Å². The van der Waals surface area contributed by atoms with Crippen molar-refractivity contribution in [1.29, 1.82) is 0 Å². The molecule has 3 nitrogen and oxygen atoms in total. The van der Waals surface area contributed by atoms with Crippen LogP contribution in [0.15, 0.2) is 42.5 Å². The summed E-state index contributed by atoms with van der Waals surface area (Å²) in [5.41, 5.74) is 4.13. The average molecular weight is 386 g/mol. The maximum atomic E-state index is 14.0. The molecule has 0 saturated heterocycles. The molecule has 4 rings (SSSR count). The molecule has 1 heterocycles. The van der Waals surface area contributed by atoms with Gasteiger partial charge in [0.2, 0.25) is 0 Å². The quantitative estimate of drug-likeness (QED) is 0.604. The fourth-order valence-electron chi connectivity index (χ4n) is 4.48. The van der Waals surface area contributed by atoms with Gasteiger partial charge < -0.3 is 9.67 Å². The summed E-state index contributed by atoms with van der Waals surface area (Å²) in [7, 11) is 0. The van der Waals surface area contributed by atoms with Crippen molar-refractivity contribution in [3.8, 4) is 0 Å². The van der Waals surface area contributed by atoms with Crippen LogP contribution in [-0.2, 0) is 11.2 Å². The molecule has 2 unspecified atom stereocenters. The molecule has 2 atom stereocenters. The number of fused-ring (bicyclic) bond motifs is 3. The van der Waals surface area contributed by atoms with Gasteiger partial charge in [-0.1, -0.05) is 23.7 Å². The predicted molar refractivity (Wildman–Crippen MR) is 105 cm³/mol. The number of halogens is 2. The van der Waals surface area contributed by atoms with E-state index in [4.69, 9.17) is 11.6 Å². The Morgan fingerprint density at radius 3 is 2.89 bits per heavy atom. The number of aromatic nitrogens is 1. The largest absolute Gasteiger partial charge is 0.481 e. The Balaban J connectivity index is 1.97. The fourth-order valence-corrected chi connectivity index (χ4v) is 4.68. The highest BCUT2D eigenvalue weighted by atomic mass is 35.5. The summed E-state index contributed by atoms with van der Waals surface area (Å²) in [5.74, 6) is -1.13. The smallest absolute Gasteiger partial charge is 0.304 e. The van der Waals surface area contributed by atoms with E-state index < -0.39 is 5.97 Å². The number of aliphatic carboxylic acids is 1. The average Bonchev–Trinajstić information content (AvgIpc) is 2.95.